The summed E-state index contributed by atoms with van der Waals surface area (Å²) in [6.07, 6.45) is 0. The summed E-state index contributed by atoms with van der Waals surface area (Å²) in [7, 11) is 0. The third-order valence-corrected chi connectivity index (χ3v) is 1.31. The van der Waals surface area contributed by atoms with Crippen molar-refractivity contribution in [3.8, 4) is 0 Å². The molecule has 3 nitrogen and oxygen atoms in total. The molecule has 10 heavy (non-hydrogen) atoms. The van der Waals surface area contributed by atoms with Crippen LogP contribution in [-0.2, 0) is 4.79 Å². The first kappa shape index (κ1) is 13.6. The quantitative estimate of drug-likeness (QED) is 0.423. The van der Waals surface area contributed by atoms with Crippen molar-refractivity contribution >= 4 is 56.3 Å². The average Bonchev–Trinajstić information content (AvgIpc) is 1.62. The molecule has 0 aromatic rings. The van der Waals surface area contributed by atoms with Gasteiger partial charge in [0.2, 0.25) is 0 Å². The van der Waals surface area contributed by atoms with Crippen LogP contribution in [0.15, 0.2) is 0 Å². The van der Waals surface area contributed by atoms with Gasteiger partial charge in [-0.15, -0.1) is 0 Å². The molecule has 0 spiro atoms. The first-order valence-electron chi connectivity index (χ1n) is 2.56. The third kappa shape index (κ3) is 4.79. The summed E-state index contributed by atoms with van der Waals surface area (Å²) in [6.45, 7) is 3.32. The predicted molar refractivity (Wildman–Crippen MR) is 46.7 cm³/mol. The molecule has 3 N–H and O–H groups in total. The largest absolute Gasteiger partial charge is 2.00 e. The van der Waals surface area contributed by atoms with Crippen LogP contribution in [0, 0.1) is 0 Å². The van der Waals surface area contributed by atoms with E-state index < -0.39 is 16.8 Å². The van der Waals surface area contributed by atoms with Gasteiger partial charge in [0.1, 0.15) is 6.04 Å². The molecule has 5 heteroatoms. The SMILES string of the molecule is CC(C)(S)[C@@H](N)C(=O)O.[Ca+2].[H-].[H-]. The molecule has 0 heterocycles. The molecule has 0 bridgehead atoms. The summed E-state index contributed by atoms with van der Waals surface area (Å²) in [5.74, 6) is -1.02. The Hall–Kier alpha value is 1.04. The van der Waals surface area contributed by atoms with E-state index in [1.54, 1.807) is 13.8 Å². The van der Waals surface area contributed by atoms with Gasteiger partial charge in [0.15, 0.2) is 0 Å². The van der Waals surface area contributed by atoms with E-state index in [2.05, 4.69) is 12.6 Å². The molecule has 1 atom stereocenters. The Bertz CT molecular complexity index is 131. The predicted octanol–water partition coefficient (Wildman–Crippen LogP) is -0.0491. The number of carboxylic acids is 1. The summed E-state index contributed by atoms with van der Waals surface area (Å²) in [6, 6.07) is -0.902. The van der Waals surface area contributed by atoms with Crippen LogP contribution in [0.5, 0.6) is 0 Å². The molecule has 0 fully saturated rings. The fourth-order valence-electron chi connectivity index (χ4n) is 0.302. The zero-order chi connectivity index (χ0) is 7.65. The molecule has 58 valence electrons. The van der Waals surface area contributed by atoms with Gasteiger partial charge < -0.3 is 13.7 Å². The summed E-state index contributed by atoms with van der Waals surface area (Å²) in [4.78, 5) is 10.2. The minimum Gasteiger partial charge on any atom is -1.00 e. The first-order chi connectivity index (χ1) is 3.85. The minimum atomic E-state index is -1.02. The molecule has 0 rings (SSSR count). The van der Waals surface area contributed by atoms with Gasteiger partial charge in [-0.3, -0.25) is 4.79 Å². The first-order valence-corrected chi connectivity index (χ1v) is 3.01. The van der Waals surface area contributed by atoms with Gasteiger partial charge in [0.25, 0.3) is 0 Å². The molecule has 0 aliphatic rings. The van der Waals surface area contributed by atoms with Crippen molar-refractivity contribution < 1.29 is 12.8 Å². The van der Waals surface area contributed by atoms with Gasteiger partial charge in [0.05, 0.1) is 0 Å². The minimum absolute atomic E-state index is 0. The standard InChI is InChI=1S/C5H11NO2S.Ca.2H/c1-5(2,9)3(6)4(7)8;;;/h3,9H,6H2,1-2H3,(H,7,8);;;/q;+2;2*-1/t3-;;;/m0.../s1. The van der Waals surface area contributed by atoms with Gasteiger partial charge in [-0.25, -0.2) is 0 Å². The number of hydrogen-bond donors (Lipinski definition) is 3. The van der Waals surface area contributed by atoms with Crippen LogP contribution in [0.4, 0.5) is 0 Å². The Morgan fingerprint density at radius 2 is 2.10 bits per heavy atom. The van der Waals surface area contributed by atoms with Crippen molar-refractivity contribution in [1.29, 1.82) is 0 Å². The maximum Gasteiger partial charge on any atom is 2.00 e. The van der Waals surface area contributed by atoms with Crippen LogP contribution in [0.1, 0.15) is 16.7 Å². The molecule has 0 aliphatic heterocycles. The second kappa shape index (κ2) is 4.82. The van der Waals surface area contributed by atoms with Crippen molar-refractivity contribution in [1.82, 2.24) is 0 Å². The average molecular weight is 191 g/mol. The van der Waals surface area contributed by atoms with E-state index in [1.165, 1.54) is 0 Å². The van der Waals surface area contributed by atoms with E-state index in [0.29, 0.717) is 0 Å². The Balaban J connectivity index is -0.000000107. The fourth-order valence-corrected chi connectivity index (χ4v) is 0.413. The molecule has 0 aromatic heterocycles. The number of thiol groups is 1. The number of aliphatic carboxylic acids is 1. The normalized spacial score (nSPS) is 13.6. The van der Waals surface area contributed by atoms with E-state index in [4.69, 9.17) is 10.8 Å². The van der Waals surface area contributed by atoms with Crippen LogP contribution in [-0.4, -0.2) is 59.6 Å². The van der Waals surface area contributed by atoms with E-state index in [1.807, 2.05) is 0 Å². The molecule has 0 aliphatic carbocycles. The third-order valence-electron chi connectivity index (χ3n) is 1.03. The van der Waals surface area contributed by atoms with E-state index in [0.717, 1.165) is 0 Å². The molecule has 0 unspecified atom stereocenters. The molecule has 0 saturated heterocycles. The van der Waals surface area contributed by atoms with Crippen LogP contribution in [0.25, 0.3) is 0 Å². The molecule has 0 aromatic carbocycles. The Kier molecular flexibility index (Phi) is 6.57. The van der Waals surface area contributed by atoms with Gasteiger partial charge in [-0.05, 0) is 13.8 Å². The maximum absolute atomic E-state index is 10.2. The van der Waals surface area contributed by atoms with Gasteiger partial charge in [-0.1, -0.05) is 0 Å². The molecule has 0 radical (unpaired) electrons. The summed E-state index contributed by atoms with van der Waals surface area (Å²) >= 11 is 3.98. The number of rotatable bonds is 2. The van der Waals surface area contributed by atoms with Crippen molar-refractivity contribution in [2.24, 2.45) is 5.73 Å². The van der Waals surface area contributed by atoms with Gasteiger partial charge >= 0.3 is 43.7 Å². The number of carboxylic acid groups (broad SMARTS) is 1. The van der Waals surface area contributed by atoms with E-state index >= 15 is 0 Å². The summed E-state index contributed by atoms with van der Waals surface area (Å²) < 4.78 is -0.647. The summed E-state index contributed by atoms with van der Waals surface area (Å²) in [5.41, 5.74) is 5.22. The molecular weight excluding hydrogens is 178 g/mol. The Morgan fingerprint density at radius 3 is 2.10 bits per heavy atom. The number of nitrogens with two attached hydrogens (primary N) is 1. The van der Waals surface area contributed by atoms with Gasteiger partial charge in [0, 0.05) is 4.75 Å². The smallest absolute Gasteiger partial charge is 1.00 e. The second-order valence-electron chi connectivity index (χ2n) is 2.47. The van der Waals surface area contributed by atoms with E-state index in [-0.39, 0.29) is 40.6 Å². The van der Waals surface area contributed by atoms with Crippen molar-refractivity contribution in [2.75, 3.05) is 0 Å². The zero-order valence-electron chi connectivity index (χ0n) is 8.16. The Labute approximate surface area is 98.7 Å². The van der Waals surface area contributed by atoms with Crippen LogP contribution in [0.3, 0.4) is 0 Å². The van der Waals surface area contributed by atoms with Crippen molar-refractivity contribution in [3.63, 3.8) is 0 Å². The van der Waals surface area contributed by atoms with E-state index in [9.17, 15) is 4.79 Å². The zero-order valence-corrected chi connectivity index (χ0v) is 9.27. The van der Waals surface area contributed by atoms with Gasteiger partial charge in [-0.2, -0.15) is 12.6 Å². The van der Waals surface area contributed by atoms with Crippen LogP contribution < -0.4 is 5.73 Å². The topological polar surface area (TPSA) is 63.3 Å². The number of hydrogen-bond acceptors (Lipinski definition) is 3. The number of carbonyl (C=O) groups is 1. The van der Waals surface area contributed by atoms with Crippen molar-refractivity contribution in [2.45, 2.75) is 24.6 Å². The van der Waals surface area contributed by atoms with Crippen molar-refractivity contribution in [3.05, 3.63) is 0 Å². The van der Waals surface area contributed by atoms with Crippen LogP contribution >= 0.6 is 12.6 Å². The second-order valence-corrected chi connectivity index (χ2v) is 3.62. The van der Waals surface area contributed by atoms with Crippen LogP contribution in [0.2, 0.25) is 0 Å². The Morgan fingerprint density at radius 1 is 1.80 bits per heavy atom. The fraction of sp³-hybridized carbons (Fsp3) is 0.800. The molecular formula is C5H13CaNO2S. The maximum atomic E-state index is 10.2. The molecule has 0 amide bonds. The molecule has 0 saturated carbocycles. The monoisotopic (exact) mass is 191 g/mol. The summed E-state index contributed by atoms with van der Waals surface area (Å²) in [5, 5.41) is 8.34.